The van der Waals surface area contributed by atoms with E-state index in [9.17, 15) is 13.2 Å². The number of nitrogens with one attached hydrogen (secondary N) is 1. The third kappa shape index (κ3) is 3.17. The zero-order chi connectivity index (χ0) is 17.3. The first-order chi connectivity index (χ1) is 11.4. The summed E-state index contributed by atoms with van der Waals surface area (Å²) >= 11 is 5.77. The third-order valence-electron chi connectivity index (χ3n) is 3.31. The van der Waals surface area contributed by atoms with Crippen LogP contribution in [0.3, 0.4) is 0 Å². The SMILES string of the molecule is O=C(O)c1ccc2cccc(NS(=O)(=O)c3ccc(Cl)cc3)c2n1. The highest BCUT2D eigenvalue weighted by Gasteiger charge is 2.16. The highest BCUT2D eigenvalue weighted by molar-refractivity contribution is 7.92. The minimum Gasteiger partial charge on any atom is -0.477 e. The molecule has 0 aliphatic carbocycles. The number of para-hydroxylation sites is 1. The van der Waals surface area contributed by atoms with E-state index in [1.54, 1.807) is 18.2 Å². The van der Waals surface area contributed by atoms with Crippen LogP contribution in [0.2, 0.25) is 5.02 Å². The number of rotatable bonds is 4. The molecule has 1 heterocycles. The van der Waals surface area contributed by atoms with Gasteiger partial charge in [0, 0.05) is 10.4 Å². The summed E-state index contributed by atoms with van der Waals surface area (Å²) in [5.74, 6) is -1.19. The molecule has 24 heavy (non-hydrogen) atoms. The van der Waals surface area contributed by atoms with E-state index in [4.69, 9.17) is 16.7 Å². The number of aromatic carboxylic acids is 1. The van der Waals surface area contributed by atoms with E-state index in [-0.39, 0.29) is 21.8 Å². The molecular formula is C16H11ClN2O4S. The molecule has 0 saturated heterocycles. The van der Waals surface area contributed by atoms with Gasteiger partial charge in [-0.25, -0.2) is 18.2 Å². The van der Waals surface area contributed by atoms with E-state index in [2.05, 4.69) is 9.71 Å². The van der Waals surface area contributed by atoms with E-state index in [0.717, 1.165) is 0 Å². The lowest BCUT2D eigenvalue weighted by atomic mass is 10.2. The molecule has 0 fully saturated rings. The number of carboxylic acid groups (broad SMARTS) is 1. The summed E-state index contributed by atoms with van der Waals surface area (Å²) < 4.78 is 27.4. The van der Waals surface area contributed by atoms with E-state index in [1.165, 1.54) is 36.4 Å². The van der Waals surface area contributed by atoms with Crippen LogP contribution in [-0.2, 0) is 10.0 Å². The van der Waals surface area contributed by atoms with Gasteiger partial charge in [-0.05, 0) is 36.4 Å². The normalized spacial score (nSPS) is 11.4. The van der Waals surface area contributed by atoms with Gasteiger partial charge in [0.15, 0.2) is 0 Å². The largest absolute Gasteiger partial charge is 0.477 e. The van der Waals surface area contributed by atoms with E-state index in [1.807, 2.05) is 0 Å². The number of hydrogen-bond donors (Lipinski definition) is 2. The van der Waals surface area contributed by atoms with E-state index < -0.39 is 16.0 Å². The number of hydrogen-bond acceptors (Lipinski definition) is 4. The minimum absolute atomic E-state index is 0.0401. The lowest BCUT2D eigenvalue weighted by Crippen LogP contribution is -2.13. The van der Waals surface area contributed by atoms with Gasteiger partial charge in [-0.15, -0.1) is 0 Å². The van der Waals surface area contributed by atoms with Crippen molar-refractivity contribution in [2.45, 2.75) is 4.90 Å². The van der Waals surface area contributed by atoms with Gasteiger partial charge in [-0.2, -0.15) is 0 Å². The molecule has 0 atom stereocenters. The molecule has 8 heteroatoms. The minimum atomic E-state index is -3.85. The molecule has 0 unspecified atom stereocenters. The molecule has 6 nitrogen and oxygen atoms in total. The maximum atomic E-state index is 12.5. The summed E-state index contributed by atoms with van der Waals surface area (Å²) in [5, 5.41) is 10.1. The van der Waals surface area contributed by atoms with Gasteiger partial charge in [-0.1, -0.05) is 29.8 Å². The molecule has 0 aliphatic rings. The van der Waals surface area contributed by atoms with Crippen LogP contribution in [0.1, 0.15) is 10.5 Å². The quantitative estimate of drug-likeness (QED) is 0.741. The van der Waals surface area contributed by atoms with Crippen molar-refractivity contribution >= 4 is 44.2 Å². The summed E-state index contributed by atoms with van der Waals surface area (Å²) in [6.45, 7) is 0. The topological polar surface area (TPSA) is 96.4 Å². The van der Waals surface area contributed by atoms with Gasteiger partial charge in [0.2, 0.25) is 0 Å². The molecule has 1 aromatic heterocycles. The highest BCUT2D eigenvalue weighted by atomic mass is 35.5. The van der Waals surface area contributed by atoms with Crippen molar-refractivity contribution in [1.82, 2.24) is 4.98 Å². The van der Waals surface area contributed by atoms with Crippen LogP contribution in [0.25, 0.3) is 10.9 Å². The van der Waals surface area contributed by atoms with Crippen molar-refractivity contribution < 1.29 is 18.3 Å². The Labute approximate surface area is 142 Å². The summed E-state index contributed by atoms with van der Waals surface area (Å²) in [6, 6.07) is 13.5. The fourth-order valence-corrected chi connectivity index (χ4v) is 3.36. The Hall–Kier alpha value is -2.64. The molecule has 0 saturated carbocycles. The molecule has 122 valence electrons. The van der Waals surface area contributed by atoms with Crippen LogP contribution in [0.5, 0.6) is 0 Å². The fraction of sp³-hybridized carbons (Fsp3) is 0. The van der Waals surface area contributed by atoms with Crippen molar-refractivity contribution in [2.75, 3.05) is 4.72 Å². The Bertz CT molecular complexity index is 1030. The number of fused-ring (bicyclic) bond motifs is 1. The van der Waals surface area contributed by atoms with Crippen LogP contribution in [0.15, 0.2) is 59.5 Å². The predicted molar refractivity (Wildman–Crippen MR) is 91.0 cm³/mol. The second kappa shape index (κ2) is 6.10. The number of benzene rings is 2. The van der Waals surface area contributed by atoms with Crippen LogP contribution >= 0.6 is 11.6 Å². The van der Waals surface area contributed by atoms with Crippen LogP contribution < -0.4 is 4.72 Å². The van der Waals surface area contributed by atoms with Gasteiger partial charge >= 0.3 is 5.97 Å². The molecule has 3 rings (SSSR count). The number of sulfonamides is 1. The molecule has 3 aromatic rings. The Kier molecular flexibility index (Phi) is 4.13. The number of carbonyl (C=O) groups is 1. The second-order valence-corrected chi connectivity index (χ2v) is 7.06. The lowest BCUT2D eigenvalue weighted by molar-refractivity contribution is 0.0691. The summed E-state index contributed by atoms with van der Waals surface area (Å²) in [6.07, 6.45) is 0. The van der Waals surface area contributed by atoms with E-state index in [0.29, 0.717) is 10.4 Å². The molecular weight excluding hydrogens is 352 g/mol. The molecule has 0 radical (unpaired) electrons. The molecule has 2 N–H and O–H groups in total. The highest BCUT2D eigenvalue weighted by Crippen LogP contribution is 2.25. The number of aromatic nitrogens is 1. The third-order valence-corrected chi connectivity index (χ3v) is 4.94. The van der Waals surface area contributed by atoms with Crippen molar-refractivity contribution in [3.8, 4) is 0 Å². The number of halogens is 1. The number of anilines is 1. The Balaban J connectivity index is 2.07. The van der Waals surface area contributed by atoms with E-state index >= 15 is 0 Å². The average Bonchev–Trinajstić information content (AvgIpc) is 2.55. The van der Waals surface area contributed by atoms with Gasteiger partial charge in [0.05, 0.1) is 16.1 Å². The lowest BCUT2D eigenvalue weighted by Gasteiger charge is -2.10. The van der Waals surface area contributed by atoms with Gasteiger partial charge < -0.3 is 5.11 Å². The zero-order valence-electron chi connectivity index (χ0n) is 12.1. The van der Waals surface area contributed by atoms with Gasteiger partial charge in [-0.3, -0.25) is 4.72 Å². The molecule has 2 aromatic carbocycles. The van der Waals surface area contributed by atoms with Crippen molar-refractivity contribution in [3.05, 3.63) is 65.3 Å². The number of carboxylic acids is 1. The Morgan fingerprint density at radius 2 is 1.75 bits per heavy atom. The van der Waals surface area contributed by atoms with Crippen LogP contribution in [0.4, 0.5) is 5.69 Å². The Morgan fingerprint density at radius 1 is 1.04 bits per heavy atom. The standard InChI is InChI=1S/C16H11ClN2O4S/c17-11-5-7-12(8-6-11)24(22,23)19-13-3-1-2-10-4-9-14(16(20)21)18-15(10)13/h1-9,19H,(H,20,21). The predicted octanol–water partition coefficient (Wildman–Crippen LogP) is 3.39. The van der Waals surface area contributed by atoms with Gasteiger partial charge in [0.1, 0.15) is 5.69 Å². The fourth-order valence-electron chi connectivity index (χ4n) is 2.17. The molecule has 0 aliphatic heterocycles. The Morgan fingerprint density at radius 3 is 2.42 bits per heavy atom. The van der Waals surface area contributed by atoms with Crippen molar-refractivity contribution in [1.29, 1.82) is 0 Å². The molecule has 0 bridgehead atoms. The summed E-state index contributed by atoms with van der Waals surface area (Å²) in [5.41, 5.74) is 0.293. The maximum Gasteiger partial charge on any atom is 0.354 e. The van der Waals surface area contributed by atoms with Crippen molar-refractivity contribution in [3.63, 3.8) is 0 Å². The summed E-state index contributed by atoms with van der Waals surface area (Å²) in [7, 11) is -3.85. The first-order valence-electron chi connectivity index (χ1n) is 6.78. The van der Waals surface area contributed by atoms with Gasteiger partial charge in [0.25, 0.3) is 10.0 Å². The smallest absolute Gasteiger partial charge is 0.354 e. The number of nitrogens with zero attached hydrogens (tertiary/aromatic N) is 1. The molecule has 0 spiro atoms. The van der Waals surface area contributed by atoms with Crippen LogP contribution in [0, 0.1) is 0 Å². The van der Waals surface area contributed by atoms with Crippen molar-refractivity contribution in [2.24, 2.45) is 0 Å². The molecule has 0 amide bonds. The number of pyridine rings is 1. The summed E-state index contributed by atoms with van der Waals surface area (Å²) in [4.78, 5) is 15.1. The first kappa shape index (κ1) is 16.2. The monoisotopic (exact) mass is 362 g/mol. The second-order valence-electron chi connectivity index (χ2n) is 4.94. The zero-order valence-corrected chi connectivity index (χ0v) is 13.7. The average molecular weight is 363 g/mol. The van der Waals surface area contributed by atoms with Crippen LogP contribution in [-0.4, -0.2) is 24.5 Å². The first-order valence-corrected chi connectivity index (χ1v) is 8.64. The maximum absolute atomic E-state index is 12.5.